The first-order chi connectivity index (χ1) is 15.9. The summed E-state index contributed by atoms with van der Waals surface area (Å²) in [6.07, 6.45) is 4.14. The van der Waals surface area contributed by atoms with Gasteiger partial charge in [0.15, 0.2) is 11.6 Å². The molecule has 0 spiro atoms. The van der Waals surface area contributed by atoms with Crippen LogP contribution in [-0.4, -0.2) is 21.0 Å². The van der Waals surface area contributed by atoms with E-state index in [1.807, 2.05) is 0 Å². The van der Waals surface area contributed by atoms with E-state index in [1.165, 1.54) is 24.7 Å². The van der Waals surface area contributed by atoms with E-state index < -0.39 is 17.7 Å². The van der Waals surface area contributed by atoms with Crippen LogP contribution >= 0.6 is 11.6 Å². The lowest BCUT2D eigenvalue weighted by atomic mass is 10.1. The maximum Gasteiger partial charge on any atom is 0.323 e. The van der Waals surface area contributed by atoms with Crippen molar-refractivity contribution in [1.29, 1.82) is 0 Å². The van der Waals surface area contributed by atoms with Crippen LogP contribution in [0.4, 0.5) is 30.8 Å². The molecule has 0 bridgehead atoms. The number of nitrogens with two attached hydrogens (primary N) is 1. The molecule has 2 aromatic heterocycles. The summed E-state index contributed by atoms with van der Waals surface area (Å²) in [6.45, 7) is 0. The number of hydrogen-bond donors (Lipinski definition) is 3. The molecule has 4 N–H and O–H groups in total. The summed E-state index contributed by atoms with van der Waals surface area (Å²) in [5.41, 5.74) is 7.76. The SMILES string of the molecule is Nc1ncc(Cl)cc1-c1ccc(Oc2ncc(NC(=O)Nc3ccc(F)c(F)c3)cn2)cc1. The van der Waals surface area contributed by atoms with E-state index in [-0.39, 0.29) is 17.4 Å². The monoisotopic (exact) mass is 468 g/mol. The van der Waals surface area contributed by atoms with Crippen molar-refractivity contribution in [1.82, 2.24) is 15.0 Å². The Morgan fingerprint density at radius 3 is 2.27 bits per heavy atom. The van der Waals surface area contributed by atoms with Crippen LogP contribution in [0.5, 0.6) is 11.8 Å². The number of nitrogen functional groups attached to an aromatic ring is 1. The maximum absolute atomic E-state index is 13.2. The fourth-order valence-electron chi connectivity index (χ4n) is 2.79. The maximum atomic E-state index is 13.2. The Morgan fingerprint density at radius 2 is 1.58 bits per heavy atom. The third-order valence-electron chi connectivity index (χ3n) is 4.32. The zero-order valence-electron chi connectivity index (χ0n) is 16.7. The van der Waals surface area contributed by atoms with Crippen LogP contribution in [0.1, 0.15) is 0 Å². The van der Waals surface area contributed by atoms with Gasteiger partial charge in [0.2, 0.25) is 0 Å². The topological polar surface area (TPSA) is 115 Å². The number of urea groups is 1. The Morgan fingerprint density at radius 1 is 0.879 bits per heavy atom. The van der Waals surface area contributed by atoms with Gasteiger partial charge in [-0.3, -0.25) is 0 Å². The number of nitrogens with zero attached hydrogens (tertiary/aromatic N) is 3. The first-order valence-electron chi connectivity index (χ1n) is 9.42. The molecule has 8 nitrogen and oxygen atoms in total. The van der Waals surface area contributed by atoms with Crippen molar-refractivity contribution in [2.24, 2.45) is 0 Å². The molecule has 2 heterocycles. The predicted octanol–water partition coefficient (Wildman–Crippen LogP) is 5.49. The quantitative estimate of drug-likeness (QED) is 0.357. The summed E-state index contributed by atoms with van der Waals surface area (Å²) in [7, 11) is 0. The number of nitrogens with one attached hydrogen (secondary N) is 2. The Kier molecular flexibility index (Phi) is 6.27. The largest absolute Gasteiger partial charge is 0.424 e. The number of benzene rings is 2. The number of rotatable bonds is 5. The van der Waals surface area contributed by atoms with E-state index in [9.17, 15) is 13.6 Å². The number of pyridine rings is 1. The van der Waals surface area contributed by atoms with Crippen LogP contribution in [0.25, 0.3) is 11.1 Å². The van der Waals surface area contributed by atoms with Gasteiger partial charge in [-0.2, -0.15) is 0 Å². The van der Waals surface area contributed by atoms with Crippen molar-refractivity contribution in [2.45, 2.75) is 0 Å². The average Bonchev–Trinajstić information content (AvgIpc) is 2.80. The second kappa shape index (κ2) is 9.45. The molecule has 0 fully saturated rings. The Balaban J connectivity index is 1.36. The number of anilines is 3. The molecule has 0 unspecified atom stereocenters. The van der Waals surface area contributed by atoms with Gasteiger partial charge in [-0.1, -0.05) is 23.7 Å². The van der Waals surface area contributed by atoms with Crippen LogP contribution < -0.4 is 21.1 Å². The van der Waals surface area contributed by atoms with Crippen molar-refractivity contribution in [3.63, 3.8) is 0 Å². The van der Waals surface area contributed by atoms with E-state index >= 15 is 0 Å². The molecule has 2 aromatic carbocycles. The molecule has 0 atom stereocenters. The van der Waals surface area contributed by atoms with Crippen LogP contribution in [0.3, 0.4) is 0 Å². The number of carbonyl (C=O) groups is 1. The van der Waals surface area contributed by atoms with Gasteiger partial charge in [0, 0.05) is 23.5 Å². The minimum atomic E-state index is -1.07. The lowest BCUT2D eigenvalue weighted by molar-refractivity contribution is 0.262. The Bertz CT molecular complexity index is 1300. The third-order valence-corrected chi connectivity index (χ3v) is 4.53. The van der Waals surface area contributed by atoms with Gasteiger partial charge in [-0.15, -0.1) is 0 Å². The van der Waals surface area contributed by atoms with Gasteiger partial charge in [0.1, 0.15) is 11.6 Å². The first-order valence-corrected chi connectivity index (χ1v) is 9.79. The highest BCUT2D eigenvalue weighted by Gasteiger charge is 2.09. The number of ether oxygens (including phenoxy) is 1. The molecule has 2 amide bonds. The minimum Gasteiger partial charge on any atom is -0.424 e. The van der Waals surface area contributed by atoms with Crippen molar-refractivity contribution in [3.8, 4) is 22.9 Å². The van der Waals surface area contributed by atoms with Crippen molar-refractivity contribution < 1.29 is 18.3 Å². The number of halogens is 3. The number of carbonyl (C=O) groups excluding carboxylic acids is 1. The molecule has 0 aliphatic heterocycles. The summed E-state index contributed by atoms with van der Waals surface area (Å²) in [5.74, 6) is -1.25. The summed E-state index contributed by atoms with van der Waals surface area (Å²) in [6, 6.07) is 11.1. The molecule has 4 rings (SSSR count). The highest BCUT2D eigenvalue weighted by Crippen LogP contribution is 2.29. The van der Waals surface area contributed by atoms with E-state index in [1.54, 1.807) is 30.3 Å². The van der Waals surface area contributed by atoms with E-state index in [0.29, 0.717) is 22.2 Å². The summed E-state index contributed by atoms with van der Waals surface area (Å²) in [4.78, 5) is 24.1. The van der Waals surface area contributed by atoms with Crippen molar-refractivity contribution >= 4 is 34.8 Å². The molecule has 0 aliphatic carbocycles. The lowest BCUT2D eigenvalue weighted by Gasteiger charge is -2.09. The normalized spacial score (nSPS) is 10.5. The standard InChI is InChI=1S/C22H15ClF2N6O2/c23-13-7-17(20(26)27-9-13)12-1-4-16(5-2-12)33-22-28-10-15(11-29-22)31-21(32)30-14-3-6-18(24)19(25)8-14/h1-11H,(H2,26,27)(H2,30,31,32). The number of amides is 2. The predicted molar refractivity (Wildman–Crippen MR) is 120 cm³/mol. The second-order valence-electron chi connectivity index (χ2n) is 6.68. The van der Waals surface area contributed by atoms with Gasteiger partial charge in [0.05, 0.1) is 23.1 Å². The molecule has 4 aromatic rings. The smallest absolute Gasteiger partial charge is 0.323 e. The molecule has 33 heavy (non-hydrogen) atoms. The molecular formula is C22H15ClF2N6O2. The van der Waals surface area contributed by atoms with Crippen LogP contribution in [0.2, 0.25) is 5.02 Å². The van der Waals surface area contributed by atoms with Gasteiger partial charge in [0.25, 0.3) is 0 Å². The molecule has 11 heteroatoms. The molecular weight excluding hydrogens is 454 g/mol. The first kappa shape index (κ1) is 21.9. The van der Waals surface area contributed by atoms with Gasteiger partial charge in [-0.25, -0.2) is 28.5 Å². The van der Waals surface area contributed by atoms with E-state index in [0.717, 1.165) is 17.7 Å². The van der Waals surface area contributed by atoms with Crippen LogP contribution in [-0.2, 0) is 0 Å². The summed E-state index contributed by atoms with van der Waals surface area (Å²) < 4.78 is 31.8. The van der Waals surface area contributed by atoms with Gasteiger partial charge < -0.3 is 21.1 Å². The molecule has 166 valence electrons. The second-order valence-corrected chi connectivity index (χ2v) is 7.11. The zero-order valence-corrected chi connectivity index (χ0v) is 17.5. The van der Waals surface area contributed by atoms with Gasteiger partial charge in [-0.05, 0) is 35.9 Å². The van der Waals surface area contributed by atoms with Crippen LogP contribution in [0.15, 0.2) is 67.1 Å². The third kappa shape index (κ3) is 5.49. The number of hydrogen-bond acceptors (Lipinski definition) is 6. The average molecular weight is 469 g/mol. The summed E-state index contributed by atoms with van der Waals surface area (Å²) in [5, 5.41) is 5.32. The Labute approximate surface area is 191 Å². The molecule has 0 saturated heterocycles. The lowest BCUT2D eigenvalue weighted by Crippen LogP contribution is -2.19. The van der Waals surface area contributed by atoms with Crippen molar-refractivity contribution in [3.05, 3.63) is 83.8 Å². The highest BCUT2D eigenvalue weighted by molar-refractivity contribution is 6.30. The minimum absolute atomic E-state index is 0.0539. The fraction of sp³-hybridized carbons (Fsp3) is 0. The molecule has 0 saturated carbocycles. The Hall–Kier alpha value is -4.31. The van der Waals surface area contributed by atoms with Crippen molar-refractivity contribution in [2.75, 3.05) is 16.4 Å². The van der Waals surface area contributed by atoms with Gasteiger partial charge >= 0.3 is 12.0 Å². The highest BCUT2D eigenvalue weighted by atomic mass is 35.5. The molecule has 0 aliphatic rings. The fourth-order valence-corrected chi connectivity index (χ4v) is 2.95. The molecule has 0 radical (unpaired) electrons. The summed E-state index contributed by atoms with van der Waals surface area (Å²) >= 11 is 5.98. The number of aromatic nitrogens is 3. The van der Waals surface area contributed by atoms with E-state index in [2.05, 4.69) is 25.6 Å². The van der Waals surface area contributed by atoms with Crippen LogP contribution in [0, 0.1) is 11.6 Å². The zero-order chi connectivity index (χ0) is 23.4. The van der Waals surface area contributed by atoms with E-state index in [4.69, 9.17) is 22.1 Å².